The summed E-state index contributed by atoms with van der Waals surface area (Å²) in [6.07, 6.45) is 0. The Bertz CT molecular complexity index is 933. The predicted octanol–water partition coefficient (Wildman–Crippen LogP) is 4.44. The summed E-state index contributed by atoms with van der Waals surface area (Å²) in [5, 5.41) is 5.93. The van der Waals surface area contributed by atoms with Crippen molar-refractivity contribution in [3.8, 4) is 23.0 Å². The molecule has 0 spiro atoms. The molecule has 166 valence electrons. The third-order valence-electron chi connectivity index (χ3n) is 4.33. The van der Waals surface area contributed by atoms with Crippen molar-refractivity contribution >= 4 is 23.3 Å². The van der Waals surface area contributed by atoms with Gasteiger partial charge in [0.15, 0.2) is 0 Å². The lowest BCUT2D eigenvalue weighted by Gasteiger charge is -2.10. The number of carbonyl (C=O) groups is 2. The maximum absolute atomic E-state index is 11.2. The van der Waals surface area contributed by atoms with Gasteiger partial charge in [0.25, 0.3) is 0 Å². The number of carbonyl (C=O) groups excluding carboxylic acids is 2. The van der Waals surface area contributed by atoms with Gasteiger partial charge in [0.2, 0.25) is 0 Å². The molecule has 0 saturated heterocycles. The Morgan fingerprint density at radius 2 is 0.844 bits per heavy atom. The van der Waals surface area contributed by atoms with E-state index in [9.17, 15) is 9.59 Å². The summed E-state index contributed by atoms with van der Waals surface area (Å²) >= 11 is 0. The van der Waals surface area contributed by atoms with Crippen LogP contribution in [0.15, 0.2) is 72.8 Å². The average molecular weight is 436 g/mol. The first-order valence-corrected chi connectivity index (χ1v) is 9.83. The number of hydrogen-bond donors (Lipinski definition) is 2. The highest BCUT2D eigenvalue weighted by molar-refractivity contribution is 5.75. The third kappa shape index (κ3) is 6.94. The first-order valence-electron chi connectivity index (χ1n) is 9.83. The molecule has 0 saturated carbocycles. The van der Waals surface area contributed by atoms with E-state index in [0.717, 1.165) is 11.4 Å². The fraction of sp³-hybridized carbons (Fsp3) is 0.167. The van der Waals surface area contributed by atoms with Crippen LogP contribution >= 0.6 is 0 Å². The molecular formula is C24H24N2O6. The summed E-state index contributed by atoms with van der Waals surface area (Å²) in [6.45, 7) is 0.204. The van der Waals surface area contributed by atoms with Crippen LogP contribution in [-0.2, 0) is 19.1 Å². The zero-order valence-corrected chi connectivity index (χ0v) is 17.8. The van der Waals surface area contributed by atoms with Crippen molar-refractivity contribution in [1.29, 1.82) is 0 Å². The van der Waals surface area contributed by atoms with Crippen molar-refractivity contribution in [1.82, 2.24) is 0 Å². The Labute approximate surface area is 186 Å². The SMILES string of the molecule is COC(=O)CNc1ccc(Oc2ccc(Oc3ccc(NCC(=O)OC)cc3)cc2)cc1. The van der Waals surface area contributed by atoms with Gasteiger partial charge in [-0.1, -0.05) is 0 Å². The summed E-state index contributed by atoms with van der Waals surface area (Å²) < 4.78 is 20.9. The van der Waals surface area contributed by atoms with E-state index in [0.29, 0.717) is 23.0 Å². The normalized spacial score (nSPS) is 10.1. The van der Waals surface area contributed by atoms with Crippen molar-refractivity contribution in [2.45, 2.75) is 0 Å². The Hall–Kier alpha value is -4.20. The molecule has 0 fully saturated rings. The number of nitrogens with one attached hydrogen (secondary N) is 2. The monoisotopic (exact) mass is 436 g/mol. The van der Waals surface area contributed by atoms with Gasteiger partial charge in [-0.05, 0) is 72.8 Å². The molecule has 2 N–H and O–H groups in total. The zero-order valence-electron chi connectivity index (χ0n) is 17.8. The zero-order chi connectivity index (χ0) is 22.8. The van der Waals surface area contributed by atoms with E-state index >= 15 is 0 Å². The highest BCUT2D eigenvalue weighted by Gasteiger charge is 2.04. The lowest BCUT2D eigenvalue weighted by Crippen LogP contribution is -2.14. The second-order valence-electron chi connectivity index (χ2n) is 6.58. The van der Waals surface area contributed by atoms with Crippen LogP contribution in [0.25, 0.3) is 0 Å². The van der Waals surface area contributed by atoms with E-state index in [2.05, 4.69) is 20.1 Å². The minimum absolute atomic E-state index is 0.102. The number of benzene rings is 3. The molecule has 3 rings (SSSR count). The molecule has 32 heavy (non-hydrogen) atoms. The standard InChI is InChI=1S/C24H24N2O6/c1-29-23(27)15-25-17-3-7-19(8-4-17)31-21-11-13-22(14-12-21)32-20-9-5-18(6-10-20)26-16-24(28)30-2/h3-14,25-26H,15-16H2,1-2H3. The third-order valence-corrected chi connectivity index (χ3v) is 4.33. The summed E-state index contributed by atoms with van der Waals surface area (Å²) in [4.78, 5) is 22.3. The maximum atomic E-state index is 11.2. The Balaban J connectivity index is 1.50. The van der Waals surface area contributed by atoms with E-state index in [4.69, 9.17) is 9.47 Å². The molecule has 3 aromatic rings. The molecule has 0 bridgehead atoms. The summed E-state index contributed by atoms with van der Waals surface area (Å²) in [6, 6.07) is 21.7. The number of methoxy groups -OCH3 is 2. The number of anilines is 2. The van der Waals surface area contributed by atoms with Gasteiger partial charge in [0.05, 0.1) is 14.2 Å². The van der Waals surface area contributed by atoms with Crippen molar-refractivity contribution in [2.24, 2.45) is 0 Å². The van der Waals surface area contributed by atoms with Crippen molar-refractivity contribution in [2.75, 3.05) is 37.9 Å². The Kier molecular flexibility index (Phi) is 7.91. The van der Waals surface area contributed by atoms with Gasteiger partial charge in [0.1, 0.15) is 36.1 Å². The van der Waals surface area contributed by atoms with Gasteiger partial charge >= 0.3 is 11.9 Å². The van der Waals surface area contributed by atoms with Gasteiger partial charge in [-0.15, -0.1) is 0 Å². The maximum Gasteiger partial charge on any atom is 0.325 e. The smallest absolute Gasteiger partial charge is 0.325 e. The van der Waals surface area contributed by atoms with Gasteiger partial charge in [-0.25, -0.2) is 0 Å². The van der Waals surface area contributed by atoms with E-state index in [-0.39, 0.29) is 25.0 Å². The topological polar surface area (TPSA) is 95.1 Å². The highest BCUT2D eigenvalue weighted by atomic mass is 16.5. The van der Waals surface area contributed by atoms with Crippen LogP contribution in [0.5, 0.6) is 23.0 Å². The van der Waals surface area contributed by atoms with Gasteiger partial charge in [0, 0.05) is 11.4 Å². The quantitative estimate of drug-likeness (QED) is 0.451. The van der Waals surface area contributed by atoms with Crippen molar-refractivity contribution in [3.63, 3.8) is 0 Å². The van der Waals surface area contributed by atoms with Crippen LogP contribution < -0.4 is 20.1 Å². The molecule has 8 nitrogen and oxygen atoms in total. The molecular weight excluding hydrogens is 412 g/mol. The fourth-order valence-electron chi connectivity index (χ4n) is 2.62. The summed E-state index contributed by atoms with van der Waals surface area (Å²) in [5.74, 6) is 1.98. The van der Waals surface area contributed by atoms with E-state index in [1.54, 1.807) is 24.3 Å². The largest absolute Gasteiger partial charge is 0.468 e. The molecule has 0 aromatic heterocycles. The van der Waals surface area contributed by atoms with E-state index in [1.807, 2.05) is 48.5 Å². The average Bonchev–Trinajstić information content (AvgIpc) is 2.84. The molecule has 0 aliphatic rings. The van der Waals surface area contributed by atoms with Gasteiger partial charge in [-0.2, -0.15) is 0 Å². The molecule has 3 aromatic carbocycles. The Morgan fingerprint density at radius 3 is 1.12 bits per heavy atom. The molecule has 0 amide bonds. The van der Waals surface area contributed by atoms with Crippen LogP contribution in [-0.4, -0.2) is 39.2 Å². The van der Waals surface area contributed by atoms with Crippen LogP contribution in [0.1, 0.15) is 0 Å². The van der Waals surface area contributed by atoms with Gasteiger partial charge < -0.3 is 29.6 Å². The summed E-state index contributed by atoms with van der Waals surface area (Å²) in [5.41, 5.74) is 1.58. The number of hydrogen-bond acceptors (Lipinski definition) is 8. The number of esters is 2. The second-order valence-corrected chi connectivity index (χ2v) is 6.58. The van der Waals surface area contributed by atoms with Crippen LogP contribution in [0, 0.1) is 0 Å². The van der Waals surface area contributed by atoms with E-state index < -0.39 is 0 Å². The molecule has 0 aliphatic heterocycles. The van der Waals surface area contributed by atoms with Crippen molar-refractivity contribution in [3.05, 3.63) is 72.8 Å². The number of ether oxygens (including phenoxy) is 4. The molecule has 0 radical (unpaired) electrons. The summed E-state index contributed by atoms with van der Waals surface area (Å²) in [7, 11) is 2.69. The van der Waals surface area contributed by atoms with Crippen LogP contribution in [0.2, 0.25) is 0 Å². The Morgan fingerprint density at radius 1 is 0.562 bits per heavy atom. The molecule has 0 atom stereocenters. The number of rotatable bonds is 10. The second kappa shape index (κ2) is 11.3. The lowest BCUT2D eigenvalue weighted by molar-refractivity contribution is -0.139. The molecule has 0 unspecified atom stereocenters. The fourth-order valence-corrected chi connectivity index (χ4v) is 2.62. The predicted molar refractivity (Wildman–Crippen MR) is 120 cm³/mol. The van der Waals surface area contributed by atoms with E-state index in [1.165, 1.54) is 14.2 Å². The van der Waals surface area contributed by atoms with Crippen LogP contribution in [0.4, 0.5) is 11.4 Å². The molecule has 0 aliphatic carbocycles. The first-order chi connectivity index (χ1) is 15.6. The minimum Gasteiger partial charge on any atom is -0.468 e. The van der Waals surface area contributed by atoms with Crippen molar-refractivity contribution < 1.29 is 28.5 Å². The molecule has 0 heterocycles. The lowest BCUT2D eigenvalue weighted by atomic mass is 10.3. The van der Waals surface area contributed by atoms with Crippen LogP contribution in [0.3, 0.4) is 0 Å². The minimum atomic E-state index is -0.334. The molecule has 8 heteroatoms. The highest BCUT2D eigenvalue weighted by Crippen LogP contribution is 2.28. The first kappa shape index (κ1) is 22.5. The van der Waals surface area contributed by atoms with Gasteiger partial charge in [-0.3, -0.25) is 9.59 Å².